The molecule has 0 aliphatic carbocycles. The smallest absolute Gasteiger partial charge is 0.0550 e. The van der Waals surface area contributed by atoms with Crippen molar-refractivity contribution in [1.82, 2.24) is 0 Å². The fraction of sp³-hybridized carbons (Fsp3) is 1.00. The van der Waals surface area contributed by atoms with Crippen molar-refractivity contribution in [1.29, 1.82) is 0 Å². The number of rotatable bonds is 2. The van der Waals surface area contributed by atoms with Gasteiger partial charge in [-0.1, -0.05) is 0 Å². The van der Waals surface area contributed by atoms with Crippen molar-refractivity contribution in [3.05, 3.63) is 0 Å². The Morgan fingerprint density at radius 3 is 2.89 bits per heavy atom. The third-order valence-electron chi connectivity index (χ3n) is 1.82. The minimum atomic E-state index is 0.306. The number of aliphatic hydroxyl groups is 1. The standard InChI is InChI=1S/C7H14O2/c1-6-4-7(2-3-8)5-9-6/h6-8H,2-5H2,1H3/t6-,7+/m0/s1. The minimum Gasteiger partial charge on any atom is -0.396 e. The zero-order valence-electron chi connectivity index (χ0n) is 5.84. The fourth-order valence-electron chi connectivity index (χ4n) is 1.29. The van der Waals surface area contributed by atoms with Crippen LogP contribution in [-0.4, -0.2) is 24.4 Å². The molecule has 1 saturated heterocycles. The van der Waals surface area contributed by atoms with E-state index in [1.54, 1.807) is 0 Å². The first kappa shape index (κ1) is 7.03. The summed E-state index contributed by atoms with van der Waals surface area (Å²) in [5.74, 6) is 0.616. The molecule has 0 aromatic heterocycles. The Labute approximate surface area is 55.8 Å². The first-order valence-corrected chi connectivity index (χ1v) is 3.55. The zero-order chi connectivity index (χ0) is 6.69. The lowest BCUT2D eigenvalue weighted by Gasteiger charge is -2.01. The second-order valence-electron chi connectivity index (χ2n) is 2.76. The van der Waals surface area contributed by atoms with Gasteiger partial charge in [0, 0.05) is 13.2 Å². The summed E-state index contributed by atoms with van der Waals surface area (Å²) < 4.78 is 5.31. The van der Waals surface area contributed by atoms with E-state index in [0.717, 1.165) is 19.4 Å². The van der Waals surface area contributed by atoms with Crippen LogP contribution < -0.4 is 0 Å². The maximum atomic E-state index is 8.56. The Morgan fingerprint density at radius 2 is 2.44 bits per heavy atom. The van der Waals surface area contributed by atoms with E-state index in [1.165, 1.54) is 0 Å². The van der Waals surface area contributed by atoms with E-state index in [4.69, 9.17) is 9.84 Å². The van der Waals surface area contributed by atoms with Gasteiger partial charge in [-0.2, -0.15) is 0 Å². The maximum Gasteiger partial charge on any atom is 0.0550 e. The van der Waals surface area contributed by atoms with E-state index >= 15 is 0 Å². The van der Waals surface area contributed by atoms with Gasteiger partial charge in [0.05, 0.1) is 6.10 Å². The topological polar surface area (TPSA) is 29.5 Å². The third-order valence-corrected chi connectivity index (χ3v) is 1.82. The molecular weight excluding hydrogens is 116 g/mol. The first-order valence-electron chi connectivity index (χ1n) is 3.55. The van der Waals surface area contributed by atoms with Gasteiger partial charge in [-0.05, 0) is 25.7 Å². The van der Waals surface area contributed by atoms with Crippen LogP contribution in [0.25, 0.3) is 0 Å². The summed E-state index contributed by atoms with van der Waals surface area (Å²) in [6.45, 7) is 3.24. The van der Waals surface area contributed by atoms with Crippen LogP contribution in [0, 0.1) is 5.92 Å². The molecule has 54 valence electrons. The summed E-state index contributed by atoms with van der Waals surface area (Å²) in [6.07, 6.45) is 2.45. The molecule has 0 unspecified atom stereocenters. The van der Waals surface area contributed by atoms with Gasteiger partial charge in [0.25, 0.3) is 0 Å². The van der Waals surface area contributed by atoms with Crippen LogP contribution in [0.2, 0.25) is 0 Å². The third kappa shape index (κ3) is 1.95. The van der Waals surface area contributed by atoms with Gasteiger partial charge in [0.15, 0.2) is 0 Å². The second kappa shape index (κ2) is 3.18. The van der Waals surface area contributed by atoms with Gasteiger partial charge in [0.2, 0.25) is 0 Å². The molecule has 0 aromatic rings. The fourth-order valence-corrected chi connectivity index (χ4v) is 1.29. The summed E-state index contributed by atoms with van der Waals surface area (Å²) in [7, 11) is 0. The highest BCUT2D eigenvalue weighted by Gasteiger charge is 2.20. The molecule has 2 atom stereocenters. The van der Waals surface area contributed by atoms with Crippen molar-refractivity contribution in [3.63, 3.8) is 0 Å². The highest BCUT2D eigenvalue weighted by Crippen LogP contribution is 2.21. The van der Waals surface area contributed by atoms with Crippen molar-refractivity contribution in [3.8, 4) is 0 Å². The first-order chi connectivity index (χ1) is 4.33. The monoisotopic (exact) mass is 130 g/mol. The van der Waals surface area contributed by atoms with E-state index < -0.39 is 0 Å². The summed E-state index contributed by atoms with van der Waals surface area (Å²) >= 11 is 0. The Kier molecular flexibility index (Phi) is 2.49. The van der Waals surface area contributed by atoms with Crippen molar-refractivity contribution in [2.45, 2.75) is 25.9 Å². The van der Waals surface area contributed by atoms with Crippen molar-refractivity contribution < 1.29 is 9.84 Å². The largest absolute Gasteiger partial charge is 0.396 e. The molecule has 0 aromatic carbocycles. The Bertz CT molecular complexity index is 81.0. The maximum absolute atomic E-state index is 8.56. The van der Waals surface area contributed by atoms with Crippen LogP contribution in [0.15, 0.2) is 0 Å². The lowest BCUT2D eigenvalue weighted by molar-refractivity contribution is 0.117. The van der Waals surface area contributed by atoms with E-state index in [1.807, 2.05) is 0 Å². The number of ether oxygens (including phenoxy) is 1. The van der Waals surface area contributed by atoms with Gasteiger partial charge in [-0.3, -0.25) is 0 Å². The molecule has 1 N–H and O–H groups in total. The van der Waals surface area contributed by atoms with Crippen LogP contribution >= 0.6 is 0 Å². The van der Waals surface area contributed by atoms with E-state index in [9.17, 15) is 0 Å². The van der Waals surface area contributed by atoms with E-state index in [-0.39, 0.29) is 0 Å². The zero-order valence-corrected chi connectivity index (χ0v) is 5.84. The van der Waals surface area contributed by atoms with Crippen LogP contribution in [0.1, 0.15) is 19.8 Å². The molecule has 0 saturated carbocycles. The number of hydrogen-bond acceptors (Lipinski definition) is 2. The Hall–Kier alpha value is -0.0800. The molecule has 1 fully saturated rings. The molecular formula is C7H14O2. The average molecular weight is 130 g/mol. The highest BCUT2D eigenvalue weighted by atomic mass is 16.5. The van der Waals surface area contributed by atoms with Crippen LogP contribution in [0.3, 0.4) is 0 Å². The minimum absolute atomic E-state index is 0.306. The molecule has 9 heavy (non-hydrogen) atoms. The molecule has 2 nitrogen and oxygen atoms in total. The van der Waals surface area contributed by atoms with Crippen LogP contribution in [0.4, 0.5) is 0 Å². The summed E-state index contributed by atoms with van der Waals surface area (Å²) in [6, 6.07) is 0. The highest BCUT2D eigenvalue weighted by molar-refractivity contribution is 4.69. The molecule has 0 radical (unpaired) electrons. The van der Waals surface area contributed by atoms with Crippen molar-refractivity contribution in [2.75, 3.05) is 13.2 Å². The van der Waals surface area contributed by atoms with Gasteiger partial charge < -0.3 is 9.84 Å². The lowest BCUT2D eigenvalue weighted by atomic mass is 10.0. The molecule has 0 amide bonds. The summed E-state index contributed by atoms with van der Waals surface area (Å²) in [4.78, 5) is 0. The van der Waals surface area contributed by atoms with E-state index in [2.05, 4.69) is 6.92 Å². The summed E-state index contributed by atoms with van der Waals surface area (Å²) in [5.41, 5.74) is 0. The number of aliphatic hydroxyl groups excluding tert-OH is 1. The van der Waals surface area contributed by atoms with Crippen LogP contribution in [0.5, 0.6) is 0 Å². The molecule has 2 heteroatoms. The Balaban J connectivity index is 2.14. The quantitative estimate of drug-likeness (QED) is 0.599. The number of hydrogen-bond donors (Lipinski definition) is 1. The molecule has 0 spiro atoms. The van der Waals surface area contributed by atoms with Gasteiger partial charge in [-0.25, -0.2) is 0 Å². The summed E-state index contributed by atoms with van der Waals surface area (Å²) in [5, 5.41) is 8.56. The predicted molar refractivity (Wildman–Crippen MR) is 35.2 cm³/mol. The van der Waals surface area contributed by atoms with Gasteiger partial charge >= 0.3 is 0 Å². The normalized spacial score (nSPS) is 35.3. The van der Waals surface area contributed by atoms with Crippen molar-refractivity contribution in [2.24, 2.45) is 5.92 Å². The van der Waals surface area contributed by atoms with Crippen LogP contribution in [-0.2, 0) is 4.74 Å². The molecule has 1 heterocycles. The molecule has 1 rings (SSSR count). The predicted octanol–water partition coefficient (Wildman–Crippen LogP) is 0.794. The van der Waals surface area contributed by atoms with Crippen molar-refractivity contribution >= 4 is 0 Å². The second-order valence-corrected chi connectivity index (χ2v) is 2.76. The van der Waals surface area contributed by atoms with Gasteiger partial charge in [0.1, 0.15) is 0 Å². The molecule has 1 aliphatic heterocycles. The SMILES string of the molecule is C[C@H]1C[C@@H](CCO)CO1. The average Bonchev–Trinajstić information content (AvgIpc) is 2.17. The Morgan fingerprint density at radius 1 is 1.67 bits per heavy atom. The van der Waals surface area contributed by atoms with Gasteiger partial charge in [-0.15, -0.1) is 0 Å². The van der Waals surface area contributed by atoms with E-state index in [0.29, 0.717) is 18.6 Å². The molecule has 1 aliphatic rings. The lowest BCUT2D eigenvalue weighted by Crippen LogP contribution is -2.01. The molecule has 0 bridgehead atoms.